The predicted molar refractivity (Wildman–Crippen MR) is 121 cm³/mol. The van der Waals surface area contributed by atoms with Gasteiger partial charge in [0.2, 0.25) is 11.8 Å². The second-order valence-electron chi connectivity index (χ2n) is 7.91. The Bertz CT molecular complexity index is 1110. The number of thiazole rings is 1. The normalized spacial score (nSPS) is 14.8. The molecule has 1 aromatic heterocycles. The van der Waals surface area contributed by atoms with E-state index >= 15 is 0 Å². The zero-order valence-corrected chi connectivity index (χ0v) is 18.5. The Balaban J connectivity index is 1.29. The molecule has 1 fully saturated rings. The Kier molecular flexibility index (Phi) is 6.78. The summed E-state index contributed by atoms with van der Waals surface area (Å²) in [6.07, 6.45) is -3.07. The summed E-state index contributed by atoms with van der Waals surface area (Å²) in [5.74, 6) is -0.241. The molecule has 33 heavy (non-hydrogen) atoms. The van der Waals surface area contributed by atoms with Crippen LogP contribution in [0, 0.1) is 5.92 Å². The molecular formula is C24H22F3N3O2S. The van der Waals surface area contributed by atoms with E-state index in [9.17, 15) is 22.8 Å². The second-order valence-corrected chi connectivity index (χ2v) is 8.76. The first kappa shape index (κ1) is 23.0. The Morgan fingerprint density at radius 3 is 2.33 bits per heavy atom. The summed E-state index contributed by atoms with van der Waals surface area (Å²) in [7, 11) is 0. The van der Waals surface area contributed by atoms with E-state index in [-0.39, 0.29) is 24.2 Å². The first-order valence-electron chi connectivity index (χ1n) is 10.6. The smallest absolute Gasteiger partial charge is 0.342 e. The first-order chi connectivity index (χ1) is 15.8. The number of nitrogens with zero attached hydrogens (tertiary/aromatic N) is 2. The van der Waals surface area contributed by atoms with Gasteiger partial charge >= 0.3 is 6.18 Å². The molecule has 0 saturated carbocycles. The molecule has 1 saturated heterocycles. The Labute approximate surface area is 193 Å². The molecule has 3 aromatic rings. The van der Waals surface area contributed by atoms with Crippen molar-refractivity contribution >= 4 is 28.8 Å². The van der Waals surface area contributed by atoms with Crippen LogP contribution in [0.15, 0.2) is 60.0 Å². The van der Waals surface area contributed by atoms with Crippen molar-refractivity contribution < 1.29 is 22.8 Å². The van der Waals surface area contributed by atoms with Gasteiger partial charge in [0, 0.05) is 35.6 Å². The molecule has 5 nitrogen and oxygen atoms in total. The van der Waals surface area contributed by atoms with E-state index in [2.05, 4.69) is 10.3 Å². The maximum absolute atomic E-state index is 12.7. The number of aromatic nitrogens is 1. The highest BCUT2D eigenvalue weighted by Crippen LogP contribution is 2.32. The number of para-hydroxylation sites is 1. The maximum atomic E-state index is 12.7. The van der Waals surface area contributed by atoms with Crippen LogP contribution in [0.2, 0.25) is 0 Å². The fourth-order valence-corrected chi connectivity index (χ4v) is 4.57. The molecule has 2 heterocycles. The predicted octanol–water partition coefficient (Wildman–Crippen LogP) is 5.25. The first-order valence-corrected chi connectivity index (χ1v) is 11.4. The molecule has 1 aliphatic heterocycles. The van der Waals surface area contributed by atoms with Gasteiger partial charge < -0.3 is 10.2 Å². The number of carbonyl (C=O) groups is 2. The van der Waals surface area contributed by atoms with Crippen LogP contribution >= 0.6 is 11.3 Å². The topological polar surface area (TPSA) is 62.3 Å². The van der Waals surface area contributed by atoms with E-state index in [4.69, 9.17) is 0 Å². The van der Waals surface area contributed by atoms with Gasteiger partial charge in [-0.05, 0) is 37.1 Å². The summed E-state index contributed by atoms with van der Waals surface area (Å²) in [4.78, 5) is 31.3. The van der Waals surface area contributed by atoms with Crippen LogP contribution in [-0.4, -0.2) is 34.8 Å². The number of anilines is 1. The van der Waals surface area contributed by atoms with Crippen molar-refractivity contribution in [1.29, 1.82) is 0 Å². The number of amides is 2. The number of alkyl halides is 3. The van der Waals surface area contributed by atoms with Gasteiger partial charge in [-0.2, -0.15) is 13.2 Å². The molecule has 9 heteroatoms. The molecule has 4 rings (SSSR count). The molecule has 0 aliphatic carbocycles. The molecule has 0 atom stereocenters. The average Bonchev–Trinajstić information content (AvgIpc) is 3.28. The average molecular weight is 474 g/mol. The SMILES string of the molecule is O=C(Nc1ccccc1)C1CCN(C(=O)Cc2csc(-c3ccc(C(F)(F)F)cc3)n2)CC1. The number of rotatable bonds is 5. The van der Waals surface area contributed by atoms with Crippen molar-refractivity contribution in [3.05, 3.63) is 71.2 Å². The van der Waals surface area contributed by atoms with Crippen LogP contribution in [0.4, 0.5) is 18.9 Å². The zero-order chi connectivity index (χ0) is 23.4. The van der Waals surface area contributed by atoms with E-state index < -0.39 is 11.7 Å². The van der Waals surface area contributed by atoms with Crippen molar-refractivity contribution in [2.75, 3.05) is 18.4 Å². The summed E-state index contributed by atoms with van der Waals surface area (Å²) in [5.41, 5.74) is 1.22. The van der Waals surface area contributed by atoms with Crippen LogP contribution in [0.25, 0.3) is 10.6 Å². The molecule has 2 amide bonds. The zero-order valence-electron chi connectivity index (χ0n) is 17.6. The van der Waals surface area contributed by atoms with E-state index in [1.54, 1.807) is 10.3 Å². The number of benzene rings is 2. The third-order valence-electron chi connectivity index (χ3n) is 5.60. The van der Waals surface area contributed by atoms with Crippen LogP contribution in [0.3, 0.4) is 0 Å². The lowest BCUT2D eigenvalue weighted by Crippen LogP contribution is -2.42. The minimum atomic E-state index is -4.38. The van der Waals surface area contributed by atoms with Gasteiger partial charge in [0.1, 0.15) is 5.01 Å². The minimum absolute atomic E-state index is 0.0333. The monoisotopic (exact) mass is 473 g/mol. The largest absolute Gasteiger partial charge is 0.416 e. The van der Waals surface area contributed by atoms with E-state index in [0.29, 0.717) is 42.2 Å². The van der Waals surface area contributed by atoms with E-state index in [1.807, 2.05) is 30.3 Å². The summed E-state index contributed by atoms with van der Waals surface area (Å²) >= 11 is 1.29. The lowest BCUT2D eigenvalue weighted by atomic mass is 9.95. The van der Waals surface area contributed by atoms with Crippen molar-refractivity contribution in [1.82, 2.24) is 9.88 Å². The molecule has 172 valence electrons. The van der Waals surface area contributed by atoms with Crippen molar-refractivity contribution in [2.45, 2.75) is 25.4 Å². The Morgan fingerprint density at radius 2 is 1.70 bits per heavy atom. The molecule has 1 aliphatic rings. The number of nitrogens with one attached hydrogen (secondary N) is 1. The number of likely N-dealkylation sites (tertiary alicyclic amines) is 1. The van der Waals surface area contributed by atoms with Gasteiger partial charge in [0.25, 0.3) is 0 Å². The van der Waals surface area contributed by atoms with Crippen LogP contribution in [0.1, 0.15) is 24.1 Å². The highest BCUT2D eigenvalue weighted by atomic mass is 32.1. The van der Waals surface area contributed by atoms with Gasteiger partial charge in [-0.3, -0.25) is 9.59 Å². The van der Waals surface area contributed by atoms with Crippen molar-refractivity contribution in [2.24, 2.45) is 5.92 Å². The number of halogens is 3. The van der Waals surface area contributed by atoms with Gasteiger partial charge in [-0.1, -0.05) is 30.3 Å². The third kappa shape index (κ3) is 5.78. The fraction of sp³-hybridized carbons (Fsp3) is 0.292. The fourth-order valence-electron chi connectivity index (χ4n) is 3.75. The van der Waals surface area contributed by atoms with Gasteiger partial charge in [0.15, 0.2) is 0 Å². The molecule has 1 N–H and O–H groups in total. The lowest BCUT2D eigenvalue weighted by Gasteiger charge is -2.31. The van der Waals surface area contributed by atoms with Gasteiger partial charge in [-0.25, -0.2) is 4.98 Å². The summed E-state index contributed by atoms with van der Waals surface area (Å²) in [6, 6.07) is 14.1. The molecule has 2 aromatic carbocycles. The quantitative estimate of drug-likeness (QED) is 0.551. The van der Waals surface area contributed by atoms with E-state index in [1.165, 1.54) is 23.5 Å². The molecular weight excluding hydrogens is 451 g/mol. The summed E-state index contributed by atoms with van der Waals surface area (Å²) < 4.78 is 38.2. The van der Waals surface area contributed by atoms with Crippen molar-refractivity contribution in [3.63, 3.8) is 0 Å². The molecule has 0 spiro atoms. The maximum Gasteiger partial charge on any atom is 0.416 e. The van der Waals surface area contributed by atoms with Crippen LogP contribution < -0.4 is 5.32 Å². The standard InChI is InChI=1S/C24H22F3N3O2S/c25-24(26,27)18-8-6-17(7-9-18)23-29-20(15-33-23)14-21(31)30-12-10-16(11-13-30)22(32)28-19-4-2-1-3-5-19/h1-9,15-16H,10-14H2,(H,28,32). The number of hydrogen-bond acceptors (Lipinski definition) is 4. The molecule has 0 radical (unpaired) electrons. The molecule has 0 unspecified atom stereocenters. The van der Waals surface area contributed by atoms with Crippen LogP contribution in [-0.2, 0) is 22.2 Å². The Hall–Kier alpha value is -3.20. The van der Waals surface area contributed by atoms with Crippen LogP contribution in [0.5, 0.6) is 0 Å². The van der Waals surface area contributed by atoms with Crippen molar-refractivity contribution in [3.8, 4) is 10.6 Å². The second kappa shape index (κ2) is 9.74. The minimum Gasteiger partial charge on any atom is -0.342 e. The van der Waals surface area contributed by atoms with Gasteiger partial charge in [0.05, 0.1) is 17.7 Å². The number of carbonyl (C=O) groups excluding carboxylic acids is 2. The number of hydrogen-bond donors (Lipinski definition) is 1. The highest BCUT2D eigenvalue weighted by Gasteiger charge is 2.30. The number of piperidine rings is 1. The third-order valence-corrected chi connectivity index (χ3v) is 6.54. The summed E-state index contributed by atoms with van der Waals surface area (Å²) in [6.45, 7) is 1.00. The Morgan fingerprint density at radius 1 is 1.03 bits per heavy atom. The van der Waals surface area contributed by atoms with Gasteiger partial charge in [-0.15, -0.1) is 11.3 Å². The lowest BCUT2D eigenvalue weighted by molar-refractivity contribution is -0.137. The van der Waals surface area contributed by atoms with E-state index in [0.717, 1.165) is 17.8 Å². The highest BCUT2D eigenvalue weighted by molar-refractivity contribution is 7.13. The molecule has 0 bridgehead atoms. The summed E-state index contributed by atoms with van der Waals surface area (Å²) in [5, 5.41) is 5.24.